The number of carbonyl (C=O) groups is 4. The van der Waals surface area contributed by atoms with Gasteiger partial charge in [0.25, 0.3) is 0 Å². The van der Waals surface area contributed by atoms with Crippen molar-refractivity contribution < 1.29 is 42.9 Å². The lowest BCUT2D eigenvalue weighted by molar-refractivity contribution is -0.143. The first-order valence-corrected chi connectivity index (χ1v) is 17.7. The van der Waals surface area contributed by atoms with Crippen LogP contribution in [-0.2, 0) is 47.7 Å². The van der Waals surface area contributed by atoms with Gasteiger partial charge in [-0.2, -0.15) is 0 Å². The molecule has 1 unspecified atom stereocenters. The second-order valence-corrected chi connectivity index (χ2v) is 12.6. The van der Waals surface area contributed by atoms with Gasteiger partial charge in [0, 0.05) is 17.1 Å². The van der Waals surface area contributed by atoms with Gasteiger partial charge in [0.15, 0.2) is 0 Å². The van der Waals surface area contributed by atoms with Crippen LogP contribution in [0.2, 0.25) is 0 Å². The second-order valence-electron chi connectivity index (χ2n) is 12.6. The van der Waals surface area contributed by atoms with Gasteiger partial charge < -0.3 is 23.7 Å². The fraction of sp³-hybridized carbons (Fsp3) is 0.317. The molecule has 53 heavy (non-hydrogen) atoms. The summed E-state index contributed by atoms with van der Waals surface area (Å²) in [6, 6.07) is 30.2. The summed E-state index contributed by atoms with van der Waals surface area (Å²) in [5.41, 5.74) is 6.70. The number of benzene rings is 4. The Kier molecular flexibility index (Phi) is 14.6. The minimum absolute atomic E-state index is 0.00580. The second kappa shape index (κ2) is 20.2. The Labute approximate surface area is 309 Å². The average molecular weight is 724 g/mol. The summed E-state index contributed by atoms with van der Waals surface area (Å²) in [6.45, 7) is 3.55. The summed E-state index contributed by atoms with van der Waals surface area (Å²) < 4.78 is 26.0. The number of hydrogen-bond acceptors (Lipinski definition) is 9. The van der Waals surface area contributed by atoms with Crippen molar-refractivity contribution >= 4 is 41.3 Å². The van der Waals surface area contributed by atoms with E-state index in [0.717, 1.165) is 34.2 Å². The molecule has 12 nitrogen and oxygen atoms in total. The highest BCUT2D eigenvalue weighted by Crippen LogP contribution is 2.19. The summed E-state index contributed by atoms with van der Waals surface area (Å²) in [5.74, 6) is -0.334. The molecule has 0 bridgehead atoms. The molecule has 12 heteroatoms. The Morgan fingerprint density at radius 1 is 0.585 bits per heavy atom. The standard InChI is InChI=1S/C41H45N3O9/c1-2-17-50-39(46)42-34-14-7-12-31(24-34)22-32-13-8-15-35(25-32)43-40(47)51-19-4-3-18-49-38(45)26-33-10-5-9-29(21-33)20-30-11-6-16-36(23-30)44-41(48)53-28-37-27-52-37/h5-16,21,23-25,37H,2-4,17-20,22,26-28H2,1H3,(H,42,46)(H,43,47)(H,44,48). The van der Waals surface area contributed by atoms with E-state index in [1.807, 2.05) is 85.8 Å². The predicted molar refractivity (Wildman–Crippen MR) is 200 cm³/mol. The molecule has 0 saturated carbocycles. The number of esters is 1. The van der Waals surface area contributed by atoms with Crippen molar-refractivity contribution in [3.8, 4) is 0 Å². The fourth-order valence-electron chi connectivity index (χ4n) is 5.36. The number of hydrogen-bond donors (Lipinski definition) is 3. The van der Waals surface area contributed by atoms with Crippen LogP contribution in [0, 0.1) is 0 Å². The molecule has 4 aromatic carbocycles. The number of amides is 3. The number of epoxide rings is 1. The van der Waals surface area contributed by atoms with E-state index in [2.05, 4.69) is 16.0 Å². The molecule has 1 aliphatic rings. The molecular weight excluding hydrogens is 678 g/mol. The van der Waals surface area contributed by atoms with Crippen molar-refractivity contribution in [3.05, 3.63) is 125 Å². The van der Waals surface area contributed by atoms with Gasteiger partial charge in [-0.1, -0.05) is 67.6 Å². The largest absolute Gasteiger partial charge is 0.465 e. The van der Waals surface area contributed by atoms with Crippen molar-refractivity contribution in [1.29, 1.82) is 0 Å². The van der Waals surface area contributed by atoms with Gasteiger partial charge in [-0.15, -0.1) is 0 Å². The molecule has 0 radical (unpaired) electrons. The molecule has 1 heterocycles. The number of anilines is 3. The van der Waals surface area contributed by atoms with Crippen molar-refractivity contribution in [3.63, 3.8) is 0 Å². The van der Waals surface area contributed by atoms with E-state index < -0.39 is 18.3 Å². The number of ether oxygens (including phenoxy) is 5. The van der Waals surface area contributed by atoms with Crippen LogP contribution in [0.1, 0.15) is 54.0 Å². The highest BCUT2D eigenvalue weighted by atomic mass is 16.6. The fourth-order valence-corrected chi connectivity index (χ4v) is 5.36. The Bertz CT molecular complexity index is 1840. The molecule has 1 saturated heterocycles. The number of unbranched alkanes of at least 4 members (excludes halogenated alkanes) is 1. The van der Waals surface area contributed by atoms with Crippen LogP contribution in [0.3, 0.4) is 0 Å². The van der Waals surface area contributed by atoms with Gasteiger partial charge in [-0.3, -0.25) is 20.7 Å². The number of rotatable bonds is 18. The Hall–Kier alpha value is -5.88. The van der Waals surface area contributed by atoms with Crippen LogP contribution in [0.4, 0.5) is 31.4 Å². The van der Waals surface area contributed by atoms with Crippen LogP contribution in [0.15, 0.2) is 97.1 Å². The van der Waals surface area contributed by atoms with E-state index in [9.17, 15) is 19.2 Å². The summed E-state index contributed by atoms with van der Waals surface area (Å²) in [4.78, 5) is 48.8. The van der Waals surface area contributed by atoms with Crippen LogP contribution in [0.25, 0.3) is 0 Å². The predicted octanol–water partition coefficient (Wildman–Crippen LogP) is 7.89. The topological polar surface area (TPSA) is 154 Å². The molecule has 3 N–H and O–H groups in total. The molecule has 0 spiro atoms. The zero-order chi connectivity index (χ0) is 37.3. The van der Waals surface area contributed by atoms with E-state index in [0.29, 0.717) is 56.0 Å². The maximum absolute atomic E-state index is 12.5. The average Bonchev–Trinajstić information content (AvgIpc) is 3.97. The van der Waals surface area contributed by atoms with E-state index >= 15 is 0 Å². The van der Waals surface area contributed by atoms with Crippen LogP contribution in [-0.4, -0.2) is 63.4 Å². The van der Waals surface area contributed by atoms with Gasteiger partial charge >= 0.3 is 24.2 Å². The molecule has 5 rings (SSSR count). The minimum Gasteiger partial charge on any atom is -0.465 e. The van der Waals surface area contributed by atoms with Gasteiger partial charge in [0.1, 0.15) is 12.7 Å². The zero-order valence-corrected chi connectivity index (χ0v) is 29.8. The van der Waals surface area contributed by atoms with E-state index in [4.69, 9.17) is 23.7 Å². The van der Waals surface area contributed by atoms with Crippen molar-refractivity contribution in [2.24, 2.45) is 0 Å². The third-order valence-electron chi connectivity index (χ3n) is 7.95. The first-order chi connectivity index (χ1) is 25.8. The number of carbonyl (C=O) groups excluding carboxylic acids is 4. The Balaban J connectivity index is 0.962. The third kappa shape index (κ3) is 14.3. The lowest BCUT2D eigenvalue weighted by Gasteiger charge is -2.10. The maximum atomic E-state index is 12.5. The zero-order valence-electron chi connectivity index (χ0n) is 29.8. The summed E-state index contributed by atoms with van der Waals surface area (Å²) in [7, 11) is 0. The van der Waals surface area contributed by atoms with Crippen LogP contribution < -0.4 is 16.0 Å². The molecule has 3 amide bonds. The number of nitrogens with one attached hydrogen (secondary N) is 3. The minimum atomic E-state index is -0.569. The summed E-state index contributed by atoms with van der Waals surface area (Å²) in [6.07, 6.45) is 1.62. The normalized spacial score (nSPS) is 13.0. The molecule has 278 valence electrons. The SMILES string of the molecule is CCCOC(=O)Nc1cccc(Cc2cccc(NC(=O)OCCCCOC(=O)Cc3cccc(Cc4cccc(NC(=O)OCC5CO5)c4)c3)c2)c1. The van der Waals surface area contributed by atoms with Gasteiger partial charge in [0.2, 0.25) is 0 Å². The lowest BCUT2D eigenvalue weighted by atomic mass is 10.0. The summed E-state index contributed by atoms with van der Waals surface area (Å²) >= 11 is 0. The molecule has 1 aliphatic heterocycles. The van der Waals surface area contributed by atoms with E-state index in [1.165, 1.54) is 0 Å². The van der Waals surface area contributed by atoms with Crippen LogP contribution in [0.5, 0.6) is 0 Å². The van der Waals surface area contributed by atoms with Crippen molar-refractivity contribution in [2.75, 3.05) is 49.0 Å². The third-order valence-corrected chi connectivity index (χ3v) is 7.95. The lowest BCUT2D eigenvalue weighted by Crippen LogP contribution is -2.16. The monoisotopic (exact) mass is 723 g/mol. The van der Waals surface area contributed by atoms with Crippen LogP contribution >= 0.6 is 0 Å². The molecule has 4 aromatic rings. The maximum Gasteiger partial charge on any atom is 0.411 e. The van der Waals surface area contributed by atoms with Gasteiger partial charge in [-0.25, -0.2) is 14.4 Å². The highest BCUT2D eigenvalue weighted by molar-refractivity contribution is 5.86. The molecule has 0 aliphatic carbocycles. The van der Waals surface area contributed by atoms with Gasteiger partial charge in [0.05, 0.1) is 32.8 Å². The molecular formula is C41H45N3O9. The first-order valence-electron chi connectivity index (χ1n) is 17.7. The van der Waals surface area contributed by atoms with E-state index in [-0.39, 0.29) is 38.3 Å². The van der Waals surface area contributed by atoms with Crippen molar-refractivity contribution in [2.45, 2.75) is 51.6 Å². The Morgan fingerprint density at radius 3 is 1.53 bits per heavy atom. The summed E-state index contributed by atoms with van der Waals surface area (Å²) in [5, 5.41) is 8.23. The van der Waals surface area contributed by atoms with E-state index in [1.54, 1.807) is 18.2 Å². The molecule has 1 atom stereocenters. The quantitative estimate of drug-likeness (QED) is 0.0403. The smallest absolute Gasteiger partial charge is 0.411 e. The molecule has 0 aromatic heterocycles. The molecule has 1 fully saturated rings. The Morgan fingerprint density at radius 2 is 1.02 bits per heavy atom. The van der Waals surface area contributed by atoms with Crippen molar-refractivity contribution in [1.82, 2.24) is 0 Å². The highest BCUT2D eigenvalue weighted by Gasteiger charge is 2.24. The van der Waals surface area contributed by atoms with Gasteiger partial charge in [-0.05, 0) is 96.3 Å². The first kappa shape index (κ1) is 38.4.